The van der Waals surface area contributed by atoms with Gasteiger partial charge >= 0.3 is 0 Å². The molecule has 0 radical (unpaired) electrons. The molecule has 0 aromatic carbocycles. The van der Waals surface area contributed by atoms with Crippen molar-refractivity contribution in [3.8, 4) is 0 Å². The van der Waals surface area contributed by atoms with Gasteiger partial charge in [-0.05, 0) is 42.6 Å². The fraction of sp³-hybridized carbons (Fsp3) is 0.455. The number of hydrogen-bond donors (Lipinski definition) is 0. The molecule has 0 bridgehead atoms. The number of hydrogen-bond acceptors (Lipinski definition) is 2. The minimum Gasteiger partial charge on any atom is -0.312 e. The molecule has 16 heavy (non-hydrogen) atoms. The van der Waals surface area contributed by atoms with Crippen LogP contribution in [0.3, 0.4) is 0 Å². The van der Waals surface area contributed by atoms with E-state index in [2.05, 4.69) is 30.5 Å². The Bertz CT molecular complexity index is 587. The van der Waals surface area contributed by atoms with Crippen molar-refractivity contribution in [2.75, 3.05) is 0 Å². The summed E-state index contributed by atoms with van der Waals surface area (Å²) in [6, 6.07) is 0.523. The number of fused-ring (bicyclic) bond motifs is 1. The molecular weight excluding hydrogens is 289 g/mol. The molecule has 84 valence electrons. The van der Waals surface area contributed by atoms with Gasteiger partial charge in [-0.2, -0.15) is 0 Å². The molecule has 2 aromatic rings. The molecule has 5 heteroatoms. The standard InChI is InChI=1S/C11H11BrClN3/c1-5-8-9(12)10(13)16(7-3-4-7)11(8)15-6(2)14-5/h7H,3-4H2,1-2H3. The van der Waals surface area contributed by atoms with Crippen LogP contribution in [-0.4, -0.2) is 14.5 Å². The second kappa shape index (κ2) is 3.44. The van der Waals surface area contributed by atoms with Crippen LogP contribution >= 0.6 is 27.5 Å². The van der Waals surface area contributed by atoms with Gasteiger partial charge in [-0.1, -0.05) is 11.6 Å². The molecule has 3 rings (SSSR count). The average molecular weight is 301 g/mol. The van der Waals surface area contributed by atoms with E-state index >= 15 is 0 Å². The first-order valence-electron chi connectivity index (χ1n) is 5.29. The first-order valence-corrected chi connectivity index (χ1v) is 6.47. The molecule has 0 aliphatic heterocycles. The highest BCUT2D eigenvalue weighted by molar-refractivity contribution is 9.10. The lowest BCUT2D eigenvalue weighted by atomic mass is 10.3. The number of aryl methyl sites for hydroxylation is 2. The molecule has 3 nitrogen and oxygen atoms in total. The van der Waals surface area contributed by atoms with Crippen LogP contribution in [-0.2, 0) is 0 Å². The summed E-state index contributed by atoms with van der Waals surface area (Å²) >= 11 is 9.88. The molecule has 0 unspecified atom stereocenters. The summed E-state index contributed by atoms with van der Waals surface area (Å²) in [4.78, 5) is 8.90. The Balaban J connectivity index is 2.44. The van der Waals surface area contributed by atoms with Gasteiger partial charge in [-0.15, -0.1) is 0 Å². The van der Waals surface area contributed by atoms with Crippen LogP contribution in [0.15, 0.2) is 4.47 Å². The van der Waals surface area contributed by atoms with Gasteiger partial charge in [0.25, 0.3) is 0 Å². The largest absolute Gasteiger partial charge is 0.312 e. The third kappa shape index (κ3) is 1.39. The quantitative estimate of drug-likeness (QED) is 0.802. The van der Waals surface area contributed by atoms with Crippen LogP contribution in [0.2, 0.25) is 5.15 Å². The molecular formula is C11H11BrClN3. The molecule has 1 fully saturated rings. The second-order valence-corrected chi connectivity index (χ2v) is 5.41. The summed E-state index contributed by atoms with van der Waals surface area (Å²) in [5.74, 6) is 0.800. The van der Waals surface area contributed by atoms with Gasteiger partial charge in [0.1, 0.15) is 16.6 Å². The number of nitrogens with zero attached hydrogens (tertiary/aromatic N) is 3. The monoisotopic (exact) mass is 299 g/mol. The first kappa shape index (κ1) is 10.5. The van der Waals surface area contributed by atoms with Crippen LogP contribution in [0.5, 0.6) is 0 Å². The van der Waals surface area contributed by atoms with E-state index in [0.717, 1.165) is 32.2 Å². The topological polar surface area (TPSA) is 30.7 Å². The van der Waals surface area contributed by atoms with E-state index in [1.54, 1.807) is 0 Å². The first-order chi connectivity index (χ1) is 7.59. The van der Waals surface area contributed by atoms with Crippen molar-refractivity contribution < 1.29 is 0 Å². The highest BCUT2D eigenvalue weighted by atomic mass is 79.9. The fourth-order valence-electron chi connectivity index (χ4n) is 2.09. The van der Waals surface area contributed by atoms with Crippen LogP contribution in [0.25, 0.3) is 11.0 Å². The zero-order chi connectivity index (χ0) is 11.4. The van der Waals surface area contributed by atoms with Crippen LogP contribution in [0.4, 0.5) is 0 Å². The maximum atomic E-state index is 6.34. The van der Waals surface area contributed by atoms with Gasteiger partial charge in [0.2, 0.25) is 0 Å². The number of halogens is 2. The summed E-state index contributed by atoms with van der Waals surface area (Å²) in [5, 5.41) is 1.79. The van der Waals surface area contributed by atoms with Crippen molar-refractivity contribution in [1.82, 2.24) is 14.5 Å². The third-order valence-corrected chi connectivity index (χ3v) is 4.31. The molecule has 1 saturated carbocycles. The molecule has 1 aliphatic rings. The summed E-state index contributed by atoms with van der Waals surface area (Å²) < 4.78 is 3.05. The minimum atomic E-state index is 0.523. The summed E-state index contributed by atoms with van der Waals surface area (Å²) in [7, 11) is 0. The van der Waals surface area contributed by atoms with Crippen molar-refractivity contribution in [2.24, 2.45) is 0 Å². The maximum Gasteiger partial charge on any atom is 0.146 e. The molecule has 2 heterocycles. The van der Waals surface area contributed by atoms with E-state index in [1.807, 2.05) is 13.8 Å². The van der Waals surface area contributed by atoms with Crippen LogP contribution in [0, 0.1) is 13.8 Å². The molecule has 0 atom stereocenters. The summed E-state index contributed by atoms with van der Waals surface area (Å²) in [6.45, 7) is 3.91. The van der Waals surface area contributed by atoms with E-state index in [1.165, 1.54) is 12.8 Å². The van der Waals surface area contributed by atoms with Crippen molar-refractivity contribution in [3.63, 3.8) is 0 Å². The molecule has 2 aromatic heterocycles. The third-order valence-electron chi connectivity index (χ3n) is 2.93. The highest BCUT2D eigenvalue weighted by Crippen LogP contribution is 2.44. The van der Waals surface area contributed by atoms with E-state index < -0.39 is 0 Å². The van der Waals surface area contributed by atoms with Crippen LogP contribution in [0.1, 0.15) is 30.4 Å². The smallest absolute Gasteiger partial charge is 0.146 e. The summed E-state index contributed by atoms with van der Waals surface area (Å²) in [6.07, 6.45) is 2.38. The molecule has 0 spiro atoms. The Kier molecular flexibility index (Phi) is 2.27. The van der Waals surface area contributed by atoms with E-state index in [0.29, 0.717) is 6.04 Å². The minimum absolute atomic E-state index is 0.523. The van der Waals surface area contributed by atoms with Crippen molar-refractivity contribution in [3.05, 3.63) is 21.1 Å². The Morgan fingerprint density at radius 2 is 2.00 bits per heavy atom. The molecule has 1 aliphatic carbocycles. The molecule has 0 amide bonds. The zero-order valence-electron chi connectivity index (χ0n) is 9.09. The second-order valence-electron chi connectivity index (χ2n) is 4.26. The van der Waals surface area contributed by atoms with Gasteiger partial charge in [0.05, 0.1) is 15.6 Å². The lowest BCUT2D eigenvalue weighted by Gasteiger charge is -2.04. The Morgan fingerprint density at radius 1 is 1.31 bits per heavy atom. The highest BCUT2D eigenvalue weighted by Gasteiger charge is 2.30. The average Bonchev–Trinajstić information content (AvgIpc) is 2.97. The maximum absolute atomic E-state index is 6.34. The Morgan fingerprint density at radius 3 is 2.62 bits per heavy atom. The Hall–Kier alpha value is -0.610. The predicted molar refractivity (Wildman–Crippen MR) is 68.0 cm³/mol. The van der Waals surface area contributed by atoms with E-state index in [9.17, 15) is 0 Å². The number of aromatic nitrogens is 3. The molecule has 0 N–H and O–H groups in total. The van der Waals surface area contributed by atoms with Gasteiger partial charge in [-0.25, -0.2) is 9.97 Å². The van der Waals surface area contributed by atoms with Gasteiger partial charge in [0, 0.05) is 6.04 Å². The van der Waals surface area contributed by atoms with Crippen LogP contribution < -0.4 is 0 Å². The molecule has 0 saturated heterocycles. The van der Waals surface area contributed by atoms with E-state index in [-0.39, 0.29) is 0 Å². The van der Waals surface area contributed by atoms with E-state index in [4.69, 9.17) is 11.6 Å². The van der Waals surface area contributed by atoms with Crippen molar-refractivity contribution in [1.29, 1.82) is 0 Å². The number of rotatable bonds is 1. The normalized spacial score (nSPS) is 16.0. The van der Waals surface area contributed by atoms with Gasteiger partial charge in [-0.3, -0.25) is 0 Å². The summed E-state index contributed by atoms with van der Waals surface area (Å²) in [5.41, 5.74) is 1.94. The van der Waals surface area contributed by atoms with Gasteiger partial charge < -0.3 is 4.57 Å². The lowest BCUT2D eigenvalue weighted by molar-refractivity contribution is 0.762. The van der Waals surface area contributed by atoms with Gasteiger partial charge in [0.15, 0.2) is 0 Å². The Labute approximate surface area is 107 Å². The fourth-order valence-corrected chi connectivity index (χ4v) is 3.06. The van der Waals surface area contributed by atoms with Crippen molar-refractivity contribution in [2.45, 2.75) is 32.7 Å². The zero-order valence-corrected chi connectivity index (χ0v) is 11.4. The van der Waals surface area contributed by atoms with Crippen molar-refractivity contribution >= 4 is 38.6 Å². The lowest BCUT2D eigenvalue weighted by Crippen LogP contribution is -1.98. The predicted octanol–water partition coefficient (Wildman–Crippen LogP) is 3.80. The SMILES string of the molecule is Cc1nc(C)c2c(Br)c(Cl)n(C3CC3)c2n1.